The zero-order chi connectivity index (χ0) is 22.7. The maximum absolute atomic E-state index is 2.69. The Balaban J connectivity index is 2.11. The maximum atomic E-state index is 2.69. The van der Waals surface area contributed by atoms with Crippen LogP contribution < -0.4 is 9.80 Å². The second kappa shape index (κ2) is 10.1. The van der Waals surface area contributed by atoms with Crippen molar-refractivity contribution < 1.29 is 0 Å². The van der Waals surface area contributed by atoms with E-state index in [1.807, 2.05) is 0 Å². The molecule has 2 heteroatoms. The van der Waals surface area contributed by atoms with Crippen LogP contribution in [0.2, 0.25) is 0 Å². The van der Waals surface area contributed by atoms with Gasteiger partial charge in [-0.3, -0.25) is 0 Å². The van der Waals surface area contributed by atoms with Crippen molar-refractivity contribution in [2.24, 2.45) is 0 Å². The second-order valence-electron chi connectivity index (χ2n) is 10.6. The van der Waals surface area contributed by atoms with Gasteiger partial charge in [0.05, 0.1) is 6.67 Å². The van der Waals surface area contributed by atoms with Gasteiger partial charge in [-0.25, -0.2) is 0 Å². The molecule has 0 aliphatic carbocycles. The first kappa shape index (κ1) is 23.7. The summed E-state index contributed by atoms with van der Waals surface area (Å²) < 4.78 is 0. The van der Waals surface area contributed by atoms with Crippen LogP contribution in [-0.2, 0) is 0 Å². The average molecular weight is 421 g/mol. The molecule has 0 atom stereocenters. The van der Waals surface area contributed by atoms with Crippen LogP contribution in [-0.4, -0.2) is 19.8 Å². The van der Waals surface area contributed by atoms with Gasteiger partial charge in [0.1, 0.15) is 0 Å². The Labute approximate surface area is 191 Å². The van der Waals surface area contributed by atoms with E-state index in [9.17, 15) is 0 Å². The minimum absolute atomic E-state index is 0.527. The molecule has 0 amide bonds. The minimum atomic E-state index is 0.527. The highest BCUT2D eigenvalue weighted by Crippen LogP contribution is 2.39. The van der Waals surface area contributed by atoms with E-state index in [2.05, 4.69) is 102 Å². The van der Waals surface area contributed by atoms with Gasteiger partial charge in [0.15, 0.2) is 0 Å². The smallest absolute Gasteiger partial charge is 0.0903 e. The number of benzene rings is 2. The van der Waals surface area contributed by atoms with Crippen LogP contribution in [0.4, 0.5) is 11.4 Å². The summed E-state index contributed by atoms with van der Waals surface area (Å²) in [6, 6.07) is 13.9. The first-order valence-electron chi connectivity index (χ1n) is 12.5. The number of rotatable bonds is 6. The quantitative estimate of drug-likeness (QED) is 0.464. The fourth-order valence-electron chi connectivity index (χ4n) is 5.07. The summed E-state index contributed by atoms with van der Waals surface area (Å²) in [6.45, 7) is 22.0. The third kappa shape index (κ3) is 5.10. The Morgan fingerprint density at radius 2 is 0.806 bits per heavy atom. The summed E-state index contributed by atoms with van der Waals surface area (Å²) >= 11 is 0. The van der Waals surface area contributed by atoms with E-state index in [1.165, 1.54) is 46.5 Å². The Bertz CT molecular complexity index is 739. The number of anilines is 2. The number of hydrogen-bond donors (Lipinski definition) is 0. The second-order valence-corrected chi connectivity index (χ2v) is 10.6. The third-order valence-electron chi connectivity index (χ3n) is 6.76. The van der Waals surface area contributed by atoms with Crippen molar-refractivity contribution >= 4 is 11.4 Å². The van der Waals surface area contributed by atoms with E-state index in [0.29, 0.717) is 23.7 Å². The molecule has 3 rings (SSSR count). The SMILES string of the molecule is CC(C)c1cccc(C(C)C)c1N1CCCCN(c2c(C(C)C)cccc2C(C)C)C1. The largest absolute Gasteiger partial charge is 0.353 e. The van der Waals surface area contributed by atoms with Crippen LogP contribution >= 0.6 is 0 Å². The highest BCUT2D eigenvalue weighted by molar-refractivity contribution is 5.66. The molecule has 2 aromatic carbocycles. The lowest BCUT2D eigenvalue weighted by molar-refractivity contribution is 0.738. The molecule has 1 fully saturated rings. The molecule has 1 aliphatic rings. The van der Waals surface area contributed by atoms with Crippen molar-refractivity contribution in [3.63, 3.8) is 0 Å². The predicted molar refractivity (Wildman–Crippen MR) is 138 cm³/mol. The molecule has 0 saturated carbocycles. The lowest BCUT2D eigenvalue weighted by Crippen LogP contribution is -2.38. The highest BCUT2D eigenvalue weighted by Gasteiger charge is 2.26. The van der Waals surface area contributed by atoms with Gasteiger partial charge < -0.3 is 9.80 Å². The molecule has 2 nitrogen and oxygen atoms in total. The van der Waals surface area contributed by atoms with Crippen molar-refractivity contribution in [3.8, 4) is 0 Å². The van der Waals surface area contributed by atoms with Crippen LogP contribution in [0.15, 0.2) is 36.4 Å². The van der Waals surface area contributed by atoms with Gasteiger partial charge >= 0.3 is 0 Å². The number of hydrogen-bond acceptors (Lipinski definition) is 2. The van der Waals surface area contributed by atoms with E-state index < -0.39 is 0 Å². The molecule has 0 aromatic heterocycles. The Morgan fingerprint density at radius 3 is 1.06 bits per heavy atom. The topological polar surface area (TPSA) is 6.48 Å². The summed E-state index contributed by atoms with van der Waals surface area (Å²) in [5.74, 6) is 2.11. The fourth-order valence-corrected chi connectivity index (χ4v) is 5.07. The molecule has 1 heterocycles. The lowest BCUT2D eigenvalue weighted by Gasteiger charge is -2.37. The van der Waals surface area contributed by atoms with Crippen LogP contribution in [0.25, 0.3) is 0 Å². The summed E-state index contributed by atoms with van der Waals surface area (Å²) in [5.41, 5.74) is 8.96. The monoisotopic (exact) mass is 420 g/mol. The number of nitrogens with zero attached hydrogens (tertiary/aromatic N) is 2. The molecular weight excluding hydrogens is 376 g/mol. The molecule has 0 unspecified atom stereocenters. The summed E-state index contributed by atoms with van der Waals surface area (Å²) in [4.78, 5) is 5.39. The van der Waals surface area contributed by atoms with E-state index in [1.54, 1.807) is 0 Å². The molecule has 1 saturated heterocycles. The predicted octanol–water partition coefficient (Wildman–Crippen LogP) is 8.24. The molecule has 0 spiro atoms. The molecule has 31 heavy (non-hydrogen) atoms. The van der Waals surface area contributed by atoms with E-state index in [0.717, 1.165) is 19.8 Å². The molecule has 0 N–H and O–H groups in total. The molecule has 2 aromatic rings. The minimum Gasteiger partial charge on any atom is -0.353 e. The average Bonchev–Trinajstić information content (AvgIpc) is 2.98. The van der Waals surface area contributed by atoms with Crippen LogP contribution in [0, 0.1) is 0 Å². The Hall–Kier alpha value is -1.96. The van der Waals surface area contributed by atoms with Gasteiger partial charge in [-0.05, 0) is 58.8 Å². The third-order valence-corrected chi connectivity index (χ3v) is 6.76. The van der Waals surface area contributed by atoms with Crippen LogP contribution in [0.5, 0.6) is 0 Å². The normalized spacial score (nSPS) is 15.5. The molecule has 1 aliphatic heterocycles. The van der Waals surface area contributed by atoms with Gasteiger partial charge in [-0.2, -0.15) is 0 Å². The van der Waals surface area contributed by atoms with Gasteiger partial charge in [-0.1, -0.05) is 91.8 Å². The molecule has 0 radical (unpaired) electrons. The van der Waals surface area contributed by atoms with Crippen molar-refractivity contribution in [2.45, 2.75) is 91.9 Å². The summed E-state index contributed by atoms with van der Waals surface area (Å²) in [6.07, 6.45) is 2.50. The van der Waals surface area contributed by atoms with Crippen molar-refractivity contribution in [3.05, 3.63) is 58.7 Å². The first-order valence-corrected chi connectivity index (χ1v) is 12.5. The van der Waals surface area contributed by atoms with Gasteiger partial charge in [-0.15, -0.1) is 0 Å². The summed E-state index contributed by atoms with van der Waals surface area (Å²) in [5, 5.41) is 0. The van der Waals surface area contributed by atoms with Gasteiger partial charge in [0.25, 0.3) is 0 Å². The zero-order valence-electron chi connectivity index (χ0n) is 21.2. The van der Waals surface area contributed by atoms with Gasteiger partial charge in [0, 0.05) is 24.5 Å². The standard InChI is InChI=1S/C29H44N2/c1-20(2)24-13-11-14-25(21(3)4)28(24)30-17-9-10-18-31(19-30)29-26(22(5)6)15-12-16-27(29)23(7)8/h11-16,20-23H,9-10,17-19H2,1-8H3. The van der Waals surface area contributed by atoms with Gasteiger partial charge in [0.2, 0.25) is 0 Å². The highest BCUT2D eigenvalue weighted by atomic mass is 15.3. The number of para-hydroxylation sites is 2. The van der Waals surface area contributed by atoms with E-state index in [-0.39, 0.29) is 0 Å². The van der Waals surface area contributed by atoms with Crippen molar-refractivity contribution in [2.75, 3.05) is 29.6 Å². The lowest BCUT2D eigenvalue weighted by atomic mass is 9.91. The molecular formula is C29H44N2. The van der Waals surface area contributed by atoms with E-state index >= 15 is 0 Å². The van der Waals surface area contributed by atoms with Crippen molar-refractivity contribution in [1.29, 1.82) is 0 Å². The zero-order valence-corrected chi connectivity index (χ0v) is 21.2. The van der Waals surface area contributed by atoms with Crippen LogP contribution in [0.3, 0.4) is 0 Å². The van der Waals surface area contributed by atoms with Crippen molar-refractivity contribution in [1.82, 2.24) is 0 Å². The van der Waals surface area contributed by atoms with E-state index in [4.69, 9.17) is 0 Å². The summed E-state index contributed by atoms with van der Waals surface area (Å²) in [7, 11) is 0. The molecule has 170 valence electrons. The first-order chi connectivity index (χ1) is 14.7. The molecule has 0 bridgehead atoms. The Kier molecular flexibility index (Phi) is 7.73. The fraction of sp³-hybridized carbons (Fsp3) is 0.586. The maximum Gasteiger partial charge on any atom is 0.0903 e. The van der Waals surface area contributed by atoms with Crippen LogP contribution in [0.1, 0.15) is 114 Å². The Morgan fingerprint density at radius 1 is 0.516 bits per heavy atom.